The van der Waals surface area contributed by atoms with Crippen molar-refractivity contribution in [3.8, 4) is 11.5 Å². The molecule has 0 saturated heterocycles. The number of benzene rings is 2. The third kappa shape index (κ3) is 4.70. The van der Waals surface area contributed by atoms with Crippen LogP contribution in [0.2, 0.25) is 0 Å². The number of nitrogens with zero attached hydrogens (tertiary/aromatic N) is 3. The molecule has 2 aromatic carbocycles. The van der Waals surface area contributed by atoms with Crippen molar-refractivity contribution < 1.29 is 4.74 Å². The first-order valence-electron chi connectivity index (χ1n) is 9.23. The van der Waals surface area contributed by atoms with Crippen molar-refractivity contribution in [3.05, 3.63) is 72.3 Å². The highest BCUT2D eigenvalue weighted by atomic mass is 16.5. The lowest BCUT2D eigenvalue weighted by atomic mass is 10.0. The first-order valence-corrected chi connectivity index (χ1v) is 9.23. The van der Waals surface area contributed by atoms with E-state index in [2.05, 4.69) is 41.4 Å². The van der Waals surface area contributed by atoms with E-state index in [-0.39, 0.29) is 6.04 Å². The molecule has 5 nitrogen and oxygen atoms in total. The second-order valence-corrected chi connectivity index (χ2v) is 6.20. The van der Waals surface area contributed by atoms with Crippen LogP contribution in [0.1, 0.15) is 44.1 Å². The minimum Gasteiger partial charge on any atom is -0.457 e. The van der Waals surface area contributed by atoms with Gasteiger partial charge in [-0.25, -0.2) is 9.67 Å². The van der Waals surface area contributed by atoms with Crippen LogP contribution in [0.3, 0.4) is 0 Å². The average molecular weight is 350 g/mol. The van der Waals surface area contributed by atoms with E-state index in [4.69, 9.17) is 4.74 Å². The van der Waals surface area contributed by atoms with E-state index in [1.807, 2.05) is 47.1 Å². The minimum atomic E-state index is 0.285. The summed E-state index contributed by atoms with van der Waals surface area (Å²) in [6, 6.07) is 18.5. The fourth-order valence-electron chi connectivity index (χ4n) is 2.97. The van der Waals surface area contributed by atoms with Crippen LogP contribution >= 0.6 is 0 Å². The summed E-state index contributed by atoms with van der Waals surface area (Å²) in [6.45, 7) is 5.82. The zero-order valence-electron chi connectivity index (χ0n) is 15.4. The van der Waals surface area contributed by atoms with Gasteiger partial charge in [0.25, 0.3) is 0 Å². The molecule has 26 heavy (non-hydrogen) atoms. The Labute approximate surface area is 155 Å². The summed E-state index contributed by atoms with van der Waals surface area (Å²) in [5, 5.41) is 7.85. The van der Waals surface area contributed by atoms with Crippen molar-refractivity contribution in [1.82, 2.24) is 20.1 Å². The Hall–Kier alpha value is -2.66. The third-order valence-electron chi connectivity index (χ3n) is 4.34. The highest BCUT2D eigenvalue weighted by Gasteiger charge is 2.12. The molecule has 0 fully saturated rings. The lowest BCUT2D eigenvalue weighted by Gasteiger charge is -2.19. The molecule has 1 unspecified atom stereocenters. The standard InChI is InChI=1S/C21H26N4O/c1-3-8-20(22-15-21-23-16-24-25(21)4-2)17-11-13-19(14-12-17)26-18-9-6-5-7-10-18/h5-7,9-14,16,20,22H,3-4,8,15H2,1-2H3. The Morgan fingerprint density at radius 3 is 2.42 bits per heavy atom. The topological polar surface area (TPSA) is 52.0 Å². The van der Waals surface area contributed by atoms with Crippen LogP contribution in [0, 0.1) is 0 Å². The van der Waals surface area contributed by atoms with Crippen LogP contribution in [0.5, 0.6) is 11.5 Å². The number of aromatic nitrogens is 3. The van der Waals surface area contributed by atoms with Gasteiger partial charge in [-0.2, -0.15) is 5.10 Å². The molecule has 1 N–H and O–H groups in total. The van der Waals surface area contributed by atoms with E-state index in [0.29, 0.717) is 6.54 Å². The van der Waals surface area contributed by atoms with Gasteiger partial charge in [0.15, 0.2) is 0 Å². The van der Waals surface area contributed by atoms with Gasteiger partial charge in [0.05, 0.1) is 6.54 Å². The van der Waals surface area contributed by atoms with Gasteiger partial charge in [-0.15, -0.1) is 0 Å². The number of ether oxygens (including phenoxy) is 1. The highest BCUT2D eigenvalue weighted by Crippen LogP contribution is 2.25. The van der Waals surface area contributed by atoms with E-state index < -0.39 is 0 Å². The molecule has 5 heteroatoms. The van der Waals surface area contributed by atoms with Crippen LogP contribution in [0.4, 0.5) is 0 Å². The number of para-hydroxylation sites is 1. The Morgan fingerprint density at radius 2 is 1.73 bits per heavy atom. The molecule has 3 rings (SSSR count). The molecule has 0 aliphatic rings. The minimum absolute atomic E-state index is 0.285. The number of nitrogens with one attached hydrogen (secondary N) is 1. The molecule has 0 spiro atoms. The van der Waals surface area contributed by atoms with Crippen molar-refractivity contribution in [2.75, 3.05) is 0 Å². The van der Waals surface area contributed by atoms with Crippen LogP contribution < -0.4 is 10.1 Å². The first-order chi connectivity index (χ1) is 12.8. The van der Waals surface area contributed by atoms with Crippen LogP contribution in [-0.4, -0.2) is 14.8 Å². The zero-order chi connectivity index (χ0) is 18.2. The monoisotopic (exact) mass is 350 g/mol. The first kappa shape index (κ1) is 18.1. The van der Waals surface area contributed by atoms with Gasteiger partial charge in [0, 0.05) is 12.6 Å². The molecule has 1 atom stereocenters. The van der Waals surface area contributed by atoms with E-state index >= 15 is 0 Å². The molecule has 0 aliphatic carbocycles. The summed E-state index contributed by atoms with van der Waals surface area (Å²) in [4.78, 5) is 4.34. The summed E-state index contributed by atoms with van der Waals surface area (Å²) in [7, 11) is 0. The van der Waals surface area contributed by atoms with Gasteiger partial charge in [-0.05, 0) is 43.2 Å². The van der Waals surface area contributed by atoms with Gasteiger partial charge in [-0.1, -0.05) is 43.7 Å². The van der Waals surface area contributed by atoms with Crippen molar-refractivity contribution in [2.24, 2.45) is 0 Å². The van der Waals surface area contributed by atoms with Crippen LogP contribution in [0.25, 0.3) is 0 Å². The molecule has 0 saturated carbocycles. The van der Waals surface area contributed by atoms with Gasteiger partial charge < -0.3 is 10.1 Å². The maximum Gasteiger partial charge on any atom is 0.140 e. The van der Waals surface area contributed by atoms with Gasteiger partial charge in [0.1, 0.15) is 23.7 Å². The van der Waals surface area contributed by atoms with E-state index in [1.54, 1.807) is 6.33 Å². The Bertz CT molecular complexity index is 783. The number of rotatable bonds is 9. The van der Waals surface area contributed by atoms with E-state index in [1.165, 1.54) is 5.56 Å². The predicted octanol–water partition coefficient (Wildman–Crippen LogP) is 4.72. The molecule has 0 bridgehead atoms. The second kappa shape index (κ2) is 9.15. The summed E-state index contributed by atoms with van der Waals surface area (Å²) >= 11 is 0. The Kier molecular flexibility index (Phi) is 6.39. The highest BCUT2D eigenvalue weighted by molar-refractivity contribution is 5.34. The molecule has 0 aliphatic heterocycles. The normalized spacial score (nSPS) is 12.1. The molecule has 0 radical (unpaired) electrons. The van der Waals surface area contributed by atoms with Crippen molar-refractivity contribution in [2.45, 2.75) is 45.8 Å². The fraction of sp³-hybridized carbons (Fsp3) is 0.333. The van der Waals surface area contributed by atoms with Crippen molar-refractivity contribution in [1.29, 1.82) is 0 Å². The van der Waals surface area contributed by atoms with Crippen molar-refractivity contribution >= 4 is 0 Å². The summed E-state index contributed by atoms with van der Waals surface area (Å²) in [5.74, 6) is 2.67. The van der Waals surface area contributed by atoms with Crippen molar-refractivity contribution in [3.63, 3.8) is 0 Å². The number of aryl methyl sites for hydroxylation is 1. The summed E-state index contributed by atoms with van der Waals surface area (Å²) in [6.07, 6.45) is 3.80. The van der Waals surface area contributed by atoms with Crippen LogP contribution in [0.15, 0.2) is 60.9 Å². The zero-order valence-corrected chi connectivity index (χ0v) is 15.4. The fourth-order valence-corrected chi connectivity index (χ4v) is 2.97. The lowest BCUT2D eigenvalue weighted by molar-refractivity contribution is 0.466. The Balaban J connectivity index is 1.65. The molecular weight excluding hydrogens is 324 g/mol. The Morgan fingerprint density at radius 1 is 1.00 bits per heavy atom. The van der Waals surface area contributed by atoms with Gasteiger partial charge in [-0.3, -0.25) is 0 Å². The largest absolute Gasteiger partial charge is 0.457 e. The average Bonchev–Trinajstić information content (AvgIpc) is 3.14. The van der Waals surface area contributed by atoms with Crippen LogP contribution in [-0.2, 0) is 13.1 Å². The lowest BCUT2D eigenvalue weighted by Crippen LogP contribution is -2.23. The second-order valence-electron chi connectivity index (χ2n) is 6.20. The van der Waals surface area contributed by atoms with E-state index in [9.17, 15) is 0 Å². The molecule has 136 valence electrons. The maximum absolute atomic E-state index is 5.88. The number of hydrogen-bond donors (Lipinski definition) is 1. The molecule has 1 aromatic heterocycles. The molecule has 1 heterocycles. The van der Waals surface area contributed by atoms with Gasteiger partial charge >= 0.3 is 0 Å². The third-order valence-corrected chi connectivity index (χ3v) is 4.34. The molecule has 0 amide bonds. The quantitative estimate of drug-likeness (QED) is 0.606. The van der Waals surface area contributed by atoms with E-state index in [0.717, 1.165) is 36.7 Å². The predicted molar refractivity (Wildman–Crippen MR) is 103 cm³/mol. The van der Waals surface area contributed by atoms with Gasteiger partial charge in [0.2, 0.25) is 0 Å². The molecular formula is C21H26N4O. The maximum atomic E-state index is 5.88. The SMILES string of the molecule is CCCC(NCc1ncnn1CC)c1ccc(Oc2ccccc2)cc1. The molecule has 3 aromatic rings. The smallest absolute Gasteiger partial charge is 0.140 e. The summed E-state index contributed by atoms with van der Waals surface area (Å²) in [5.41, 5.74) is 1.26. The summed E-state index contributed by atoms with van der Waals surface area (Å²) < 4.78 is 7.80. The number of hydrogen-bond acceptors (Lipinski definition) is 4.